The van der Waals surface area contributed by atoms with Gasteiger partial charge in [-0.1, -0.05) is 20.8 Å². The van der Waals surface area contributed by atoms with Gasteiger partial charge in [-0.15, -0.1) is 0 Å². The standard InChI is InChI=1S/C13H20FN3O/c1-5-15-11-10(14)9(6-7-16-11)12(18)17-8-13(2,3)4/h6-7H,5,8H2,1-4H3,(H,15,16)(H,17,18). The molecule has 0 aliphatic carbocycles. The zero-order chi connectivity index (χ0) is 13.8. The molecule has 1 heterocycles. The maximum atomic E-state index is 13.9. The van der Waals surface area contributed by atoms with E-state index in [1.807, 2.05) is 27.7 Å². The van der Waals surface area contributed by atoms with Crippen molar-refractivity contribution in [1.29, 1.82) is 0 Å². The fourth-order valence-corrected chi connectivity index (χ4v) is 1.35. The van der Waals surface area contributed by atoms with E-state index in [4.69, 9.17) is 0 Å². The zero-order valence-corrected chi connectivity index (χ0v) is 11.3. The zero-order valence-electron chi connectivity index (χ0n) is 11.3. The first-order valence-electron chi connectivity index (χ1n) is 6.01. The van der Waals surface area contributed by atoms with Crippen molar-refractivity contribution in [3.63, 3.8) is 0 Å². The highest BCUT2D eigenvalue weighted by molar-refractivity contribution is 5.95. The summed E-state index contributed by atoms with van der Waals surface area (Å²) in [6.45, 7) is 8.88. The van der Waals surface area contributed by atoms with Crippen LogP contribution in [0.1, 0.15) is 38.1 Å². The molecule has 0 unspecified atom stereocenters. The van der Waals surface area contributed by atoms with E-state index >= 15 is 0 Å². The van der Waals surface area contributed by atoms with E-state index in [1.165, 1.54) is 12.3 Å². The van der Waals surface area contributed by atoms with Gasteiger partial charge in [0, 0.05) is 19.3 Å². The number of carbonyl (C=O) groups is 1. The minimum atomic E-state index is -0.606. The predicted molar refractivity (Wildman–Crippen MR) is 70.1 cm³/mol. The summed E-state index contributed by atoms with van der Waals surface area (Å²) in [5, 5.41) is 5.49. The van der Waals surface area contributed by atoms with Crippen molar-refractivity contribution >= 4 is 11.7 Å². The molecule has 100 valence electrons. The Bertz CT molecular complexity index is 427. The number of pyridine rings is 1. The molecule has 0 fully saturated rings. The molecule has 4 nitrogen and oxygen atoms in total. The second-order valence-electron chi connectivity index (χ2n) is 5.29. The lowest BCUT2D eigenvalue weighted by Crippen LogP contribution is -2.32. The third-order valence-electron chi connectivity index (χ3n) is 2.26. The number of nitrogens with one attached hydrogen (secondary N) is 2. The smallest absolute Gasteiger partial charge is 0.254 e. The molecule has 0 spiro atoms. The van der Waals surface area contributed by atoms with Crippen molar-refractivity contribution in [1.82, 2.24) is 10.3 Å². The van der Waals surface area contributed by atoms with Crippen LogP contribution in [-0.2, 0) is 0 Å². The van der Waals surface area contributed by atoms with Crippen LogP contribution in [0, 0.1) is 11.2 Å². The van der Waals surface area contributed by atoms with Gasteiger partial charge in [0.15, 0.2) is 11.6 Å². The first kappa shape index (κ1) is 14.4. The molecule has 0 aliphatic heterocycles. The molecular weight excluding hydrogens is 233 g/mol. The summed E-state index contributed by atoms with van der Waals surface area (Å²) in [7, 11) is 0. The molecule has 1 aromatic heterocycles. The number of hydrogen-bond donors (Lipinski definition) is 2. The minimum absolute atomic E-state index is 0.0187. The molecule has 1 amide bonds. The number of carbonyl (C=O) groups excluding carboxylic acids is 1. The Morgan fingerprint density at radius 3 is 2.67 bits per heavy atom. The summed E-state index contributed by atoms with van der Waals surface area (Å²) in [5.41, 5.74) is -0.0193. The van der Waals surface area contributed by atoms with E-state index in [1.54, 1.807) is 0 Å². The highest BCUT2D eigenvalue weighted by Crippen LogP contribution is 2.16. The van der Waals surface area contributed by atoms with E-state index in [-0.39, 0.29) is 16.8 Å². The Morgan fingerprint density at radius 1 is 1.44 bits per heavy atom. The molecule has 0 saturated heterocycles. The lowest BCUT2D eigenvalue weighted by molar-refractivity contribution is 0.0935. The summed E-state index contributed by atoms with van der Waals surface area (Å²) in [5.74, 6) is -0.907. The SMILES string of the molecule is CCNc1nccc(C(=O)NCC(C)(C)C)c1F. The summed E-state index contributed by atoms with van der Waals surface area (Å²) < 4.78 is 13.9. The number of hydrogen-bond acceptors (Lipinski definition) is 3. The van der Waals surface area contributed by atoms with Gasteiger partial charge in [0.05, 0.1) is 5.56 Å². The number of halogens is 1. The van der Waals surface area contributed by atoms with Crippen molar-refractivity contribution in [2.75, 3.05) is 18.4 Å². The first-order chi connectivity index (χ1) is 8.35. The highest BCUT2D eigenvalue weighted by Gasteiger charge is 2.18. The molecule has 0 radical (unpaired) electrons. The maximum Gasteiger partial charge on any atom is 0.254 e. The van der Waals surface area contributed by atoms with Gasteiger partial charge in [-0.05, 0) is 18.4 Å². The third-order valence-corrected chi connectivity index (χ3v) is 2.26. The van der Waals surface area contributed by atoms with E-state index in [0.29, 0.717) is 13.1 Å². The van der Waals surface area contributed by atoms with Gasteiger partial charge >= 0.3 is 0 Å². The van der Waals surface area contributed by atoms with Crippen molar-refractivity contribution in [2.24, 2.45) is 5.41 Å². The summed E-state index contributed by atoms with van der Waals surface area (Å²) in [6.07, 6.45) is 1.42. The lowest BCUT2D eigenvalue weighted by atomic mass is 9.97. The Balaban J connectivity index is 2.83. The molecule has 0 aromatic carbocycles. The third kappa shape index (κ3) is 3.98. The quantitative estimate of drug-likeness (QED) is 0.866. The number of anilines is 1. The topological polar surface area (TPSA) is 54.0 Å². The fourth-order valence-electron chi connectivity index (χ4n) is 1.35. The molecule has 1 rings (SSSR count). The fraction of sp³-hybridized carbons (Fsp3) is 0.538. The van der Waals surface area contributed by atoms with Crippen molar-refractivity contribution in [3.05, 3.63) is 23.6 Å². The van der Waals surface area contributed by atoms with Crippen molar-refractivity contribution < 1.29 is 9.18 Å². The van der Waals surface area contributed by atoms with Crippen LogP contribution in [0.5, 0.6) is 0 Å². The van der Waals surface area contributed by atoms with Crippen LogP contribution in [0.3, 0.4) is 0 Å². The highest BCUT2D eigenvalue weighted by atomic mass is 19.1. The number of nitrogens with zero attached hydrogens (tertiary/aromatic N) is 1. The maximum absolute atomic E-state index is 13.9. The van der Waals surface area contributed by atoms with Crippen LogP contribution in [0.15, 0.2) is 12.3 Å². The number of rotatable bonds is 4. The van der Waals surface area contributed by atoms with Crippen LogP contribution in [-0.4, -0.2) is 24.0 Å². The second-order valence-corrected chi connectivity index (χ2v) is 5.29. The van der Waals surface area contributed by atoms with Gasteiger partial charge in [-0.2, -0.15) is 0 Å². The Labute approximate surface area is 107 Å². The summed E-state index contributed by atoms with van der Waals surface area (Å²) >= 11 is 0. The average Bonchev–Trinajstić information content (AvgIpc) is 2.28. The lowest BCUT2D eigenvalue weighted by Gasteiger charge is -2.19. The van der Waals surface area contributed by atoms with Gasteiger partial charge < -0.3 is 10.6 Å². The van der Waals surface area contributed by atoms with Crippen LogP contribution < -0.4 is 10.6 Å². The molecule has 0 aliphatic rings. The molecule has 2 N–H and O–H groups in total. The van der Waals surface area contributed by atoms with E-state index in [0.717, 1.165) is 0 Å². The first-order valence-corrected chi connectivity index (χ1v) is 6.01. The molecule has 0 bridgehead atoms. The van der Waals surface area contributed by atoms with Crippen LogP contribution in [0.4, 0.5) is 10.2 Å². The molecule has 18 heavy (non-hydrogen) atoms. The number of aromatic nitrogens is 1. The largest absolute Gasteiger partial charge is 0.368 e. The van der Waals surface area contributed by atoms with Crippen LogP contribution in [0.25, 0.3) is 0 Å². The molecule has 1 aromatic rings. The van der Waals surface area contributed by atoms with Crippen molar-refractivity contribution in [2.45, 2.75) is 27.7 Å². The molecular formula is C13H20FN3O. The summed E-state index contributed by atoms with van der Waals surface area (Å²) in [4.78, 5) is 15.7. The van der Waals surface area contributed by atoms with Gasteiger partial charge in [0.2, 0.25) is 0 Å². The van der Waals surface area contributed by atoms with Crippen LogP contribution >= 0.6 is 0 Å². The summed E-state index contributed by atoms with van der Waals surface area (Å²) in [6, 6.07) is 1.38. The van der Waals surface area contributed by atoms with Gasteiger partial charge in [0.1, 0.15) is 0 Å². The Kier molecular flexibility index (Phi) is 4.64. The second kappa shape index (κ2) is 5.80. The van der Waals surface area contributed by atoms with Gasteiger partial charge in [0.25, 0.3) is 5.91 Å². The Hall–Kier alpha value is -1.65. The van der Waals surface area contributed by atoms with E-state index < -0.39 is 11.7 Å². The minimum Gasteiger partial charge on any atom is -0.368 e. The van der Waals surface area contributed by atoms with Gasteiger partial charge in [-0.3, -0.25) is 4.79 Å². The monoisotopic (exact) mass is 253 g/mol. The predicted octanol–water partition coefficient (Wildman–Crippen LogP) is 2.43. The Morgan fingerprint density at radius 2 is 2.11 bits per heavy atom. The number of amides is 1. The van der Waals surface area contributed by atoms with E-state index in [9.17, 15) is 9.18 Å². The normalized spacial score (nSPS) is 11.2. The van der Waals surface area contributed by atoms with E-state index in [2.05, 4.69) is 15.6 Å². The van der Waals surface area contributed by atoms with Crippen molar-refractivity contribution in [3.8, 4) is 0 Å². The average molecular weight is 253 g/mol. The molecule has 5 heteroatoms. The van der Waals surface area contributed by atoms with Gasteiger partial charge in [-0.25, -0.2) is 9.37 Å². The molecule has 0 atom stereocenters. The molecule has 0 saturated carbocycles. The van der Waals surface area contributed by atoms with Crippen LogP contribution in [0.2, 0.25) is 0 Å².